The summed E-state index contributed by atoms with van der Waals surface area (Å²) in [6.45, 7) is 0. The van der Waals surface area contributed by atoms with Crippen molar-refractivity contribution in [1.82, 2.24) is 0 Å². The van der Waals surface area contributed by atoms with E-state index in [-0.39, 0.29) is 16.9 Å². The molecule has 0 amide bonds. The highest BCUT2D eigenvalue weighted by Crippen LogP contribution is 2.25. The lowest BCUT2D eigenvalue weighted by Gasteiger charge is -2.14. The lowest BCUT2D eigenvalue weighted by Crippen LogP contribution is -2.14. The van der Waals surface area contributed by atoms with Crippen LogP contribution in [0.4, 0.5) is 4.39 Å². The normalized spacial score (nSPS) is 12.5. The molecule has 0 fully saturated rings. The van der Waals surface area contributed by atoms with Crippen molar-refractivity contribution in [3.05, 3.63) is 82.6 Å². The van der Waals surface area contributed by atoms with Crippen LogP contribution in [0.15, 0.2) is 60.7 Å². The smallest absolute Gasteiger partial charge is 0.145 e. The zero-order valence-electron chi connectivity index (χ0n) is 11.4. The minimum Gasteiger partial charge on any atom is -0.324 e. The lowest BCUT2D eigenvalue weighted by atomic mass is 9.97. The molecule has 0 radical (unpaired) electrons. The highest BCUT2D eigenvalue weighted by Gasteiger charge is 2.12. The molecule has 0 aliphatic rings. The highest BCUT2D eigenvalue weighted by molar-refractivity contribution is 6.30. The van der Waals surface area contributed by atoms with E-state index in [0.717, 1.165) is 10.9 Å². The van der Waals surface area contributed by atoms with E-state index in [1.165, 1.54) is 5.39 Å². The zero-order valence-corrected chi connectivity index (χ0v) is 12.1. The summed E-state index contributed by atoms with van der Waals surface area (Å²) in [7, 11) is 0. The predicted molar refractivity (Wildman–Crippen MR) is 86.0 cm³/mol. The molecule has 21 heavy (non-hydrogen) atoms. The third kappa shape index (κ3) is 2.92. The second kappa shape index (κ2) is 5.84. The van der Waals surface area contributed by atoms with Gasteiger partial charge in [0.05, 0.1) is 5.02 Å². The topological polar surface area (TPSA) is 26.0 Å². The van der Waals surface area contributed by atoms with Gasteiger partial charge in [0.25, 0.3) is 0 Å². The van der Waals surface area contributed by atoms with Gasteiger partial charge in [0, 0.05) is 6.04 Å². The monoisotopic (exact) mass is 299 g/mol. The average Bonchev–Trinajstić information content (AvgIpc) is 2.51. The Hall–Kier alpha value is -1.90. The molecule has 3 aromatic rings. The number of halogens is 2. The fraction of sp³-hybridized carbons (Fsp3) is 0.111. The maximum atomic E-state index is 13.9. The molecule has 0 aromatic heterocycles. The van der Waals surface area contributed by atoms with E-state index >= 15 is 0 Å². The molecule has 2 N–H and O–H groups in total. The Bertz CT molecular complexity index is 785. The van der Waals surface area contributed by atoms with Crippen molar-refractivity contribution in [2.45, 2.75) is 12.5 Å². The highest BCUT2D eigenvalue weighted by atomic mass is 35.5. The predicted octanol–water partition coefficient (Wildman–Crippen LogP) is 4.87. The number of rotatable bonds is 3. The molecule has 0 spiro atoms. The summed E-state index contributed by atoms with van der Waals surface area (Å²) in [5.74, 6) is -0.379. The Labute approximate surface area is 128 Å². The molecule has 3 heteroatoms. The van der Waals surface area contributed by atoms with Gasteiger partial charge in [-0.15, -0.1) is 0 Å². The fourth-order valence-corrected chi connectivity index (χ4v) is 2.69. The Morgan fingerprint density at radius 3 is 2.52 bits per heavy atom. The largest absolute Gasteiger partial charge is 0.324 e. The van der Waals surface area contributed by atoms with Crippen LogP contribution in [0.25, 0.3) is 10.8 Å². The standard InChI is InChI=1S/C18H15ClFN/c19-16-7-3-6-15(18(16)20)11-17(21)14-9-8-12-4-1-2-5-13(12)10-14/h1-10,17H,11,21H2. The van der Waals surface area contributed by atoms with Crippen LogP contribution < -0.4 is 5.73 Å². The molecule has 0 aliphatic heterocycles. The van der Waals surface area contributed by atoms with E-state index in [1.54, 1.807) is 18.2 Å². The first kappa shape index (κ1) is 14.1. The van der Waals surface area contributed by atoms with Crippen molar-refractivity contribution in [1.29, 1.82) is 0 Å². The number of fused-ring (bicyclic) bond motifs is 1. The van der Waals surface area contributed by atoms with Gasteiger partial charge in [0.2, 0.25) is 0 Å². The van der Waals surface area contributed by atoms with Crippen LogP contribution in [0.1, 0.15) is 17.2 Å². The second-order valence-corrected chi connectivity index (χ2v) is 5.54. The Kier molecular flexibility index (Phi) is 3.91. The van der Waals surface area contributed by atoms with E-state index in [9.17, 15) is 4.39 Å². The Morgan fingerprint density at radius 2 is 1.71 bits per heavy atom. The third-order valence-electron chi connectivity index (χ3n) is 3.67. The van der Waals surface area contributed by atoms with Gasteiger partial charge in [0.1, 0.15) is 5.82 Å². The molecule has 1 atom stereocenters. The molecule has 3 aromatic carbocycles. The molecule has 0 aliphatic carbocycles. The Balaban J connectivity index is 1.89. The van der Waals surface area contributed by atoms with Crippen LogP contribution >= 0.6 is 11.6 Å². The van der Waals surface area contributed by atoms with Gasteiger partial charge < -0.3 is 5.73 Å². The first-order chi connectivity index (χ1) is 10.1. The molecule has 106 valence electrons. The second-order valence-electron chi connectivity index (χ2n) is 5.13. The molecule has 0 saturated heterocycles. The van der Waals surface area contributed by atoms with Crippen molar-refractivity contribution in [3.8, 4) is 0 Å². The van der Waals surface area contributed by atoms with Crippen molar-refractivity contribution >= 4 is 22.4 Å². The Morgan fingerprint density at radius 1 is 0.952 bits per heavy atom. The summed E-state index contributed by atoms with van der Waals surface area (Å²) in [5, 5.41) is 2.44. The van der Waals surface area contributed by atoms with Gasteiger partial charge >= 0.3 is 0 Å². The molecule has 0 bridgehead atoms. The average molecular weight is 300 g/mol. The first-order valence-corrected chi connectivity index (χ1v) is 7.20. The fourth-order valence-electron chi connectivity index (χ4n) is 2.50. The summed E-state index contributed by atoms with van der Waals surface area (Å²) in [6.07, 6.45) is 0.421. The summed E-state index contributed by atoms with van der Waals surface area (Å²) >= 11 is 5.81. The van der Waals surface area contributed by atoms with E-state index in [4.69, 9.17) is 17.3 Å². The van der Waals surface area contributed by atoms with Crippen LogP contribution in [0.3, 0.4) is 0 Å². The first-order valence-electron chi connectivity index (χ1n) is 6.82. The van der Waals surface area contributed by atoms with Gasteiger partial charge in [-0.2, -0.15) is 0 Å². The van der Waals surface area contributed by atoms with E-state index in [2.05, 4.69) is 12.1 Å². The summed E-state index contributed by atoms with van der Waals surface area (Å²) < 4.78 is 13.9. The van der Waals surface area contributed by atoms with Gasteiger partial charge in [0.15, 0.2) is 0 Å². The summed E-state index contributed by atoms with van der Waals surface area (Å²) in [6, 6.07) is 18.9. The SMILES string of the molecule is NC(Cc1cccc(Cl)c1F)c1ccc2ccccc2c1. The van der Waals surface area contributed by atoms with Gasteiger partial charge in [-0.05, 0) is 40.5 Å². The van der Waals surface area contributed by atoms with Gasteiger partial charge in [-0.25, -0.2) is 4.39 Å². The summed E-state index contributed by atoms with van der Waals surface area (Å²) in [5.41, 5.74) is 7.77. The van der Waals surface area contributed by atoms with Crippen molar-refractivity contribution < 1.29 is 4.39 Å². The van der Waals surface area contributed by atoms with E-state index in [0.29, 0.717) is 12.0 Å². The number of hydrogen-bond donors (Lipinski definition) is 1. The van der Waals surface area contributed by atoms with E-state index < -0.39 is 0 Å². The molecule has 3 rings (SSSR count). The molecular formula is C18H15ClFN. The minimum absolute atomic E-state index is 0.137. The van der Waals surface area contributed by atoms with Gasteiger partial charge in [-0.3, -0.25) is 0 Å². The molecule has 0 saturated carbocycles. The number of hydrogen-bond acceptors (Lipinski definition) is 1. The van der Waals surface area contributed by atoms with Crippen molar-refractivity contribution in [2.75, 3.05) is 0 Å². The van der Waals surface area contributed by atoms with E-state index in [1.807, 2.05) is 30.3 Å². The third-order valence-corrected chi connectivity index (χ3v) is 3.96. The number of nitrogens with two attached hydrogens (primary N) is 1. The van der Waals surface area contributed by atoms with Crippen LogP contribution in [-0.2, 0) is 6.42 Å². The lowest BCUT2D eigenvalue weighted by molar-refractivity contribution is 0.594. The van der Waals surface area contributed by atoms with Crippen LogP contribution in [0, 0.1) is 5.82 Å². The van der Waals surface area contributed by atoms with Crippen molar-refractivity contribution in [3.63, 3.8) is 0 Å². The quantitative estimate of drug-likeness (QED) is 0.733. The van der Waals surface area contributed by atoms with Crippen LogP contribution in [0.5, 0.6) is 0 Å². The minimum atomic E-state index is -0.379. The van der Waals surface area contributed by atoms with Crippen LogP contribution in [-0.4, -0.2) is 0 Å². The molecule has 1 unspecified atom stereocenters. The zero-order chi connectivity index (χ0) is 14.8. The molecular weight excluding hydrogens is 285 g/mol. The van der Waals surface area contributed by atoms with Crippen molar-refractivity contribution in [2.24, 2.45) is 5.73 Å². The maximum absolute atomic E-state index is 13.9. The van der Waals surface area contributed by atoms with Crippen LogP contribution in [0.2, 0.25) is 5.02 Å². The maximum Gasteiger partial charge on any atom is 0.145 e. The molecule has 0 heterocycles. The van der Waals surface area contributed by atoms with Gasteiger partial charge in [-0.1, -0.05) is 60.1 Å². The number of benzene rings is 3. The summed E-state index contributed by atoms with van der Waals surface area (Å²) in [4.78, 5) is 0. The molecule has 1 nitrogen and oxygen atoms in total.